The van der Waals surface area contributed by atoms with Crippen molar-refractivity contribution in [3.05, 3.63) is 64.9 Å². The van der Waals surface area contributed by atoms with Gasteiger partial charge in [0.1, 0.15) is 0 Å². The molecular formula is C27H28AsCl3N4O3S. The first-order chi connectivity index (χ1) is 18.0. The molecule has 1 fully saturated rings. The molecule has 1 N–H and O–H groups in total. The summed E-state index contributed by atoms with van der Waals surface area (Å²) >= 11 is 11.2. The Morgan fingerprint density at radius 1 is 1.03 bits per heavy atom. The molecule has 5 rings (SSSR count). The van der Waals surface area contributed by atoms with E-state index in [9.17, 15) is 13.5 Å². The second kappa shape index (κ2) is 11.8. The molecule has 12 heteroatoms. The number of fused-ring (bicyclic) bond motifs is 1. The van der Waals surface area contributed by atoms with Crippen LogP contribution in [0.1, 0.15) is 6.42 Å². The van der Waals surface area contributed by atoms with Crippen LogP contribution in [-0.4, -0.2) is 83.6 Å². The van der Waals surface area contributed by atoms with E-state index < -0.39 is 25.6 Å². The van der Waals surface area contributed by atoms with Gasteiger partial charge in [-0.25, -0.2) is 0 Å². The van der Waals surface area contributed by atoms with Crippen molar-refractivity contribution in [3.63, 3.8) is 0 Å². The summed E-state index contributed by atoms with van der Waals surface area (Å²) in [6.45, 7) is 1.91. The molecule has 1 aliphatic rings. The van der Waals surface area contributed by atoms with E-state index in [4.69, 9.17) is 28.2 Å². The molecule has 39 heavy (non-hydrogen) atoms. The standard InChI is InChI=1S/C27H27AsCl2N4O3S.ClH/c1-33(2)19-8-9-34(15-19)25-7-5-18(13-32-25)28-26-20-10-16(17-11-21(29)27(35)22(30)12-17)4-6-23(20)31-14-24(26)38(3,36)37;/h4-7,10-14,19,28,35H,8-9,15H2,1-3H3;1H. The number of halogens is 3. The first kappa shape index (κ1) is 29.9. The summed E-state index contributed by atoms with van der Waals surface area (Å²) in [5.41, 5.74) is 2.20. The van der Waals surface area contributed by atoms with Crippen LogP contribution in [0.5, 0.6) is 5.75 Å². The quantitative estimate of drug-likeness (QED) is 0.314. The van der Waals surface area contributed by atoms with Crippen LogP contribution in [0, 0.1) is 0 Å². The van der Waals surface area contributed by atoms with E-state index in [-0.39, 0.29) is 33.1 Å². The van der Waals surface area contributed by atoms with Gasteiger partial charge < -0.3 is 0 Å². The number of aromatic nitrogens is 2. The molecule has 2 aromatic carbocycles. The fourth-order valence-electron chi connectivity index (χ4n) is 4.66. The van der Waals surface area contributed by atoms with E-state index >= 15 is 0 Å². The van der Waals surface area contributed by atoms with Crippen LogP contribution < -0.4 is 13.6 Å². The van der Waals surface area contributed by atoms with E-state index in [2.05, 4.69) is 34.9 Å². The fraction of sp³-hybridized carbons (Fsp3) is 0.259. The summed E-state index contributed by atoms with van der Waals surface area (Å²) in [4.78, 5) is 14.0. The minimum absolute atomic E-state index is 0. The average Bonchev–Trinajstić information content (AvgIpc) is 3.37. The number of aromatic hydroxyl groups is 1. The Morgan fingerprint density at radius 3 is 2.33 bits per heavy atom. The zero-order valence-electron chi connectivity index (χ0n) is 21.5. The van der Waals surface area contributed by atoms with E-state index in [0.717, 1.165) is 45.0 Å². The van der Waals surface area contributed by atoms with Crippen molar-refractivity contribution in [2.75, 3.05) is 38.3 Å². The number of hydrogen-bond acceptors (Lipinski definition) is 7. The molecule has 2 aromatic heterocycles. The summed E-state index contributed by atoms with van der Waals surface area (Å²) in [5.74, 6) is 0.768. The Hall–Kier alpha value is -2.06. The number of phenolic OH excluding ortho intramolecular Hbond substituents is 1. The predicted octanol–water partition coefficient (Wildman–Crippen LogP) is 3.66. The normalized spacial score (nSPS) is 15.9. The van der Waals surface area contributed by atoms with Crippen molar-refractivity contribution in [3.8, 4) is 16.9 Å². The maximum Gasteiger partial charge on any atom is -0.147 e. The predicted molar refractivity (Wildman–Crippen MR) is 164 cm³/mol. The summed E-state index contributed by atoms with van der Waals surface area (Å²) in [5, 5.41) is 11.0. The van der Waals surface area contributed by atoms with E-state index in [0.29, 0.717) is 17.1 Å². The molecule has 2 atom stereocenters. The van der Waals surface area contributed by atoms with E-state index in [1.54, 1.807) is 12.1 Å². The Labute approximate surface area is 251 Å². The monoisotopic (exact) mass is 668 g/mol. The molecule has 3 heterocycles. The van der Waals surface area contributed by atoms with Gasteiger partial charge in [0.2, 0.25) is 0 Å². The molecule has 206 valence electrons. The molecule has 1 saturated heterocycles. The topological polar surface area (TPSA) is 86.6 Å². The molecule has 0 spiro atoms. The van der Waals surface area contributed by atoms with Gasteiger partial charge >= 0.3 is 240 Å². The number of pyridine rings is 2. The first-order valence-electron chi connectivity index (χ1n) is 12.0. The van der Waals surface area contributed by atoms with Crippen molar-refractivity contribution in [2.24, 2.45) is 0 Å². The van der Waals surface area contributed by atoms with Crippen molar-refractivity contribution < 1.29 is 13.5 Å². The van der Waals surface area contributed by atoms with Gasteiger partial charge in [0.05, 0.1) is 0 Å². The molecule has 0 aliphatic carbocycles. The Bertz CT molecular complexity index is 1610. The second-order valence-electron chi connectivity index (χ2n) is 9.67. The van der Waals surface area contributed by atoms with Crippen molar-refractivity contribution in [1.29, 1.82) is 0 Å². The number of phenols is 1. The van der Waals surface area contributed by atoms with Gasteiger partial charge in [-0.05, 0) is 0 Å². The summed E-state index contributed by atoms with van der Waals surface area (Å²) in [6, 6.07) is 13.5. The zero-order chi connectivity index (χ0) is 27.2. The van der Waals surface area contributed by atoms with Crippen molar-refractivity contribution >= 4 is 86.6 Å². The van der Waals surface area contributed by atoms with Crippen LogP contribution in [0.3, 0.4) is 0 Å². The number of benzene rings is 2. The van der Waals surface area contributed by atoms with Gasteiger partial charge in [0.15, 0.2) is 0 Å². The maximum atomic E-state index is 12.8. The van der Waals surface area contributed by atoms with E-state index in [1.165, 1.54) is 12.5 Å². The molecule has 0 saturated carbocycles. The Balaban J connectivity index is 0.00000353. The molecule has 1 aliphatic heterocycles. The van der Waals surface area contributed by atoms with Gasteiger partial charge in [0, 0.05) is 0 Å². The largest absolute Gasteiger partial charge is 0.147 e. The molecule has 0 bridgehead atoms. The number of rotatable bonds is 6. The van der Waals surface area contributed by atoms with Gasteiger partial charge in [-0.3, -0.25) is 0 Å². The van der Waals surface area contributed by atoms with Gasteiger partial charge in [-0.15, -0.1) is 12.4 Å². The molecule has 0 radical (unpaired) electrons. The van der Waals surface area contributed by atoms with Gasteiger partial charge in [-0.1, -0.05) is 0 Å². The van der Waals surface area contributed by atoms with E-state index in [1.807, 2.05) is 30.5 Å². The summed E-state index contributed by atoms with van der Waals surface area (Å²) in [6.07, 6.45) is 5.65. The third-order valence-corrected chi connectivity index (χ3v) is 11.8. The molecule has 4 aromatic rings. The number of hydrogen-bond donors (Lipinski definition) is 1. The molecule has 0 amide bonds. The minimum Gasteiger partial charge on any atom is -0.147 e. The SMILES string of the molecule is CN(C)C1CCN(c2ccc([AsH]c3c(S(C)(=O)=O)cnc4ccc(-c5cc(Cl)c(O)c(Cl)c5)cc34)cn2)C1.Cl. The molecule has 2 unspecified atom stereocenters. The van der Waals surface area contributed by atoms with Crippen LogP contribution in [0.2, 0.25) is 10.0 Å². The number of sulfone groups is 1. The van der Waals surface area contributed by atoms with Crippen LogP contribution in [0.15, 0.2) is 59.8 Å². The summed E-state index contributed by atoms with van der Waals surface area (Å²) < 4.78 is 27.3. The smallest absolute Gasteiger partial charge is 0.147 e. The van der Waals surface area contributed by atoms with Crippen LogP contribution >= 0.6 is 35.6 Å². The Kier molecular flexibility index (Phi) is 9.06. The molecular weight excluding hydrogens is 642 g/mol. The van der Waals surface area contributed by atoms with Crippen LogP contribution in [0.25, 0.3) is 22.0 Å². The summed E-state index contributed by atoms with van der Waals surface area (Å²) in [7, 11) is 0.686. The third kappa shape index (κ3) is 6.32. The van der Waals surface area contributed by atoms with Crippen LogP contribution in [0.4, 0.5) is 5.82 Å². The van der Waals surface area contributed by atoms with Crippen LogP contribution in [-0.2, 0) is 9.84 Å². The Morgan fingerprint density at radius 2 is 1.74 bits per heavy atom. The minimum atomic E-state index is -3.52. The van der Waals surface area contributed by atoms with Gasteiger partial charge in [-0.2, -0.15) is 0 Å². The van der Waals surface area contributed by atoms with Crippen molar-refractivity contribution in [2.45, 2.75) is 17.4 Å². The number of anilines is 1. The fourth-order valence-corrected chi connectivity index (χ4v) is 9.63. The zero-order valence-corrected chi connectivity index (χ0v) is 26.8. The second-order valence-corrected chi connectivity index (χ2v) is 15.3. The van der Waals surface area contributed by atoms with Crippen molar-refractivity contribution in [1.82, 2.24) is 14.9 Å². The van der Waals surface area contributed by atoms with Gasteiger partial charge in [0.25, 0.3) is 0 Å². The third-order valence-electron chi connectivity index (χ3n) is 6.82. The number of likely N-dealkylation sites (N-methyl/N-ethyl adjacent to an activating group) is 1. The number of nitrogens with zero attached hydrogens (tertiary/aromatic N) is 4. The maximum absolute atomic E-state index is 12.8. The first-order valence-corrected chi connectivity index (χ1v) is 16.7. The average molecular weight is 670 g/mol. The molecule has 7 nitrogen and oxygen atoms in total.